The number of carbonyl (C=O) groups excluding carboxylic acids is 1. The quantitative estimate of drug-likeness (QED) is 0.449. The second kappa shape index (κ2) is 7.38. The van der Waals surface area contributed by atoms with Gasteiger partial charge in [-0.1, -0.05) is 33.1 Å². The number of anilines is 1. The van der Waals surface area contributed by atoms with E-state index in [0.717, 1.165) is 19.4 Å². The molecule has 0 bridgehead atoms. The lowest BCUT2D eigenvalue weighted by Gasteiger charge is -2.37. The van der Waals surface area contributed by atoms with Gasteiger partial charge >= 0.3 is 0 Å². The fourth-order valence-electron chi connectivity index (χ4n) is 3.23. The number of hydrogen-bond acceptors (Lipinski definition) is 4. The fraction of sp³-hybridized carbons (Fsp3) is 0.588. The van der Waals surface area contributed by atoms with Gasteiger partial charge in [-0.15, -0.1) is 0 Å². The van der Waals surface area contributed by atoms with E-state index in [9.17, 15) is 14.9 Å². The van der Waals surface area contributed by atoms with Crippen LogP contribution in [0.5, 0.6) is 0 Å². The molecule has 0 heterocycles. The van der Waals surface area contributed by atoms with Crippen molar-refractivity contribution in [2.75, 3.05) is 11.4 Å². The molecule has 5 heteroatoms. The number of nitro benzene ring substituents is 1. The third-order valence-corrected chi connectivity index (χ3v) is 4.22. The highest BCUT2D eigenvalue weighted by molar-refractivity contribution is 5.79. The Bertz CT molecular complexity index is 537. The van der Waals surface area contributed by atoms with Crippen LogP contribution < -0.4 is 4.90 Å². The van der Waals surface area contributed by atoms with Crippen molar-refractivity contribution in [3.8, 4) is 0 Å². The molecule has 0 radical (unpaired) electrons. The van der Waals surface area contributed by atoms with Crippen LogP contribution in [0.2, 0.25) is 0 Å². The first-order chi connectivity index (χ1) is 10.5. The Balaban J connectivity index is 2.41. The van der Waals surface area contributed by atoms with Crippen LogP contribution in [-0.4, -0.2) is 23.8 Å². The number of benzene rings is 1. The maximum atomic E-state index is 11.4. The predicted octanol–water partition coefficient (Wildman–Crippen LogP) is 4.20. The van der Waals surface area contributed by atoms with Crippen LogP contribution in [0.1, 0.15) is 56.3 Å². The molecule has 0 N–H and O–H groups in total. The minimum absolute atomic E-state index is 0.0378. The molecule has 1 aromatic carbocycles. The summed E-state index contributed by atoms with van der Waals surface area (Å²) >= 11 is 0. The van der Waals surface area contributed by atoms with Crippen LogP contribution in [-0.2, 0) is 0 Å². The van der Waals surface area contributed by atoms with Crippen molar-refractivity contribution in [3.05, 3.63) is 33.9 Å². The minimum atomic E-state index is -0.377. The van der Waals surface area contributed by atoms with E-state index in [4.69, 9.17) is 0 Å². The lowest BCUT2D eigenvalue weighted by molar-refractivity contribution is -0.384. The van der Waals surface area contributed by atoms with Gasteiger partial charge in [-0.2, -0.15) is 0 Å². The topological polar surface area (TPSA) is 63.5 Å². The summed E-state index contributed by atoms with van der Waals surface area (Å²) in [6, 6.07) is 5.15. The number of nitro groups is 1. The molecule has 1 saturated carbocycles. The van der Waals surface area contributed by atoms with E-state index >= 15 is 0 Å². The van der Waals surface area contributed by atoms with Gasteiger partial charge in [0.2, 0.25) is 0 Å². The van der Waals surface area contributed by atoms with E-state index in [1.54, 1.807) is 12.1 Å². The maximum Gasteiger partial charge on any atom is 0.293 e. The van der Waals surface area contributed by atoms with Gasteiger partial charge < -0.3 is 4.90 Å². The first-order valence-electron chi connectivity index (χ1n) is 8.03. The summed E-state index contributed by atoms with van der Waals surface area (Å²) in [4.78, 5) is 24.1. The third-order valence-electron chi connectivity index (χ3n) is 4.22. The molecule has 120 valence electrons. The number of nitrogens with zero attached hydrogens (tertiary/aromatic N) is 2. The summed E-state index contributed by atoms with van der Waals surface area (Å²) in [6.45, 7) is 5.05. The molecule has 1 aliphatic rings. The number of aldehydes is 1. The fourth-order valence-corrected chi connectivity index (χ4v) is 3.23. The summed E-state index contributed by atoms with van der Waals surface area (Å²) in [5.41, 5.74) is 1.04. The van der Waals surface area contributed by atoms with Gasteiger partial charge in [0.15, 0.2) is 0 Å². The molecule has 1 aromatic rings. The Labute approximate surface area is 131 Å². The summed E-state index contributed by atoms with van der Waals surface area (Å²) in [7, 11) is 0. The zero-order valence-corrected chi connectivity index (χ0v) is 13.3. The van der Waals surface area contributed by atoms with E-state index < -0.39 is 0 Å². The van der Waals surface area contributed by atoms with Crippen LogP contribution in [0.3, 0.4) is 0 Å². The SMILES string of the molecule is CC(C)CN(c1ccc(C=O)cc1[N+](=O)[O-])C1CCCCC1. The Hall–Kier alpha value is -1.91. The predicted molar refractivity (Wildman–Crippen MR) is 87.5 cm³/mol. The number of rotatable bonds is 6. The third kappa shape index (κ3) is 3.84. The van der Waals surface area contributed by atoms with Crippen LogP contribution in [0.4, 0.5) is 11.4 Å². The summed E-state index contributed by atoms with van der Waals surface area (Å²) in [6.07, 6.45) is 6.43. The molecule has 0 aliphatic heterocycles. The van der Waals surface area contributed by atoms with Crippen LogP contribution in [0.25, 0.3) is 0 Å². The smallest absolute Gasteiger partial charge is 0.293 e. The molecule has 0 atom stereocenters. The minimum Gasteiger partial charge on any atom is -0.363 e. The Morgan fingerprint density at radius 2 is 2.00 bits per heavy atom. The van der Waals surface area contributed by atoms with E-state index in [2.05, 4.69) is 18.7 Å². The molecular formula is C17H24N2O3. The zero-order valence-electron chi connectivity index (χ0n) is 13.3. The van der Waals surface area contributed by atoms with E-state index in [-0.39, 0.29) is 10.6 Å². The van der Waals surface area contributed by atoms with Crippen molar-refractivity contribution in [3.63, 3.8) is 0 Å². The average molecular weight is 304 g/mol. The van der Waals surface area contributed by atoms with E-state index in [0.29, 0.717) is 29.5 Å². The van der Waals surface area contributed by atoms with Gasteiger partial charge in [0, 0.05) is 24.2 Å². The van der Waals surface area contributed by atoms with Gasteiger partial charge in [0.1, 0.15) is 12.0 Å². The van der Waals surface area contributed by atoms with E-state index in [1.807, 2.05) is 0 Å². The summed E-state index contributed by atoms with van der Waals surface area (Å²) in [5, 5.41) is 11.4. The van der Waals surface area contributed by atoms with Crippen molar-refractivity contribution in [1.82, 2.24) is 0 Å². The van der Waals surface area contributed by atoms with Crippen molar-refractivity contribution in [2.45, 2.75) is 52.0 Å². The molecule has 0 spiro atoms. The first kappa shape index (κ1) is 16.5. The van der Waals surface area contributed by atoms with Crippen LogP contribution in [0, 0.1) is 16.0 Å². The van der Waals surface area contributed by atoms with Gasteiger partial charge in [-0.3, -0.25) is 14.9 Å². The highest BCUT2D eigenvalue weighted by Gasteiger charge is 2.27. The largest absolute Gasteiger partial charge is 0.363 e. The lowest BCUT2D eigenvalue weighted by Crippen LogP contribution is -2.39. The highest BCUT2D eigenvalue weighted by atomic mass is 16.6. The summed E-state index contributed by atoms with van der Waals surface area (Å²) < 4.78 is 0. The number of hydrogen-bond donors (Lipinski definition) is 0. The van der Waals surface area contributed by atoms with Gasteiger partial charge in [-0.25, -0.2) is 0 Å². The first-order valence-corrected chi connectivity index (χ1v) is 8.03. The molecular weight excluding hydrogens is 280 g/mol. The molecule has 22 heavy (non-hydrogen) atoms. The molecule has 0 amide bonds. The van der Waals surface area contributed by atoms with Crippen molar-refractivity contribution >= 4 is 17.7 Å². The summed E-state index contributed by atoms with van der Waals surface area (Å²) in [5.74, 6) is 0.423. The van der Waals surface area contributed by atoms with E-state index in [1.165, 1.54) is 25.3 Å². The Morgan fingerprint density at radius 1 is 1.32 bits per heavy atom. The average Bonchev–Trinajstić information content (AvgIpc) is 2.52. The van der Waals surface area contributed by atoms with Gasteiger partial charge in [-0.05, 0) is 30.9 Å². The van der Waals surface area contributed by atoms with Crippen molar-refractivity contribution in [1.29, 1.82) is 0 Å². The molecule has 0 unspecified atom stereocenters. The van der Waals surface area contributed by atoms with Crippen molar-refractivity contribution in [2.24, 2.45) is 5.92 Å². The molecule has 0 aromatic heterocycles. The molecule has 1 aliphatic carbocycles. The molecule has 2 rings (SSSR count). The molecule has 1 fully saturated rings. The molecule has 5 nitrogen and oxygen atoms in total. The monoisotopic (exact) mass is 304 g/mol. The van der Waals surface area contributed by atoms with Gasteiger partial charge in [0.25, 0.3) is 5.69 Å². The second-order valence-corrected chi connectivity index (χ2v) is 6.46. The normalized spacial score (nSPS) is 15.8. The Morgan fingerprint density at radius 3 is 2.55 bits per heavy atom. The van der Waals surface area contributed by atoms with Crippen LogP contribution >= 0.6 is 0 Å². The number of carbonyl (C=O) groups is 1. The zero-order chi connectivity index (χ0) is 16.1. The standard InChI is InChI=1S/C17H24N2O3/c1-13(2)11-18(15-6-4-3-5-7-15)16-9-8-14(12-20)10-17(16)19(21)22/h8-10,12-13,15H,3-7,11H2,1-2H3. The highest BCUT2D eigenvalue weighted by Crippen LogP contribution is 2.34. The second-order valence-electron chi connectivity index (χ2n) is 6.46. The Kier molecular flexibility index (Phi) is 5.52. The maximum absolute atomic E-state index is 11.4. The molecule has 0 saturated heterocycles. The lowest BCUT2D eigenvalue weighted by atomic mass is 9.93. The van der Waals surface area contributed by atoms with Crippen molar-refractivity contribution < 1.29 is 9.72 Å². The van der Waals surface area contributed by atoms with Gasteiger partial charge in [0.05, 0.1) is 4.92 Å². The van der Waals surface area contributed by atoms with Crippen LogP contribution in [0.15, 0.2) is 18.2 Å².